The minimum Gasteiger partial charge on any atom is -0.349 e. The topological polar surface area (TPSA) is 29.1 Å². The van der Waals surface area contributed by atoms with Crippen molar-refractivity contribution in [1.82, 2.24) is 5.32 Å². The van der Waals surface area contributed by atoms with Gasteiger partial charge in [0.25, 0.3) is 0 Å². The zero-order valence-electron chi connectivity index (χ0n) is 7.18. The van der Waals surface area contributed by atoms with Gasteiger partial charge in [-0.2, -0.15) is 0 Å². The van der Waals surface area contributed by atoms with Crippen LogP contribution < -0.4 is 5.32 Å². The van der Waals surface area contributed by atoms with Gasteiger partial charge in [-0.15, -0.1) is 0 Å². The summed E-state index contributed by atoms with van der Waals surface area (Å²) in [5, 5.41) is 3.00. The fourth-order valence-electron chi connectivity index (χ4n) is 2.33. The van der Waals surface area contributed by atoms with E-state index in [0.29, 0.717) is 11.8 Å². The van der Waals surface area contributed by atoms with Crippen LogP contribution in [0.3, 0.4) is 0 Å². The van der Waals surface area contributed by atoms with Crippen LogP contribution >= 0.6 is 0 Å². The summed E-state index contributed by atoms with van der Waals surface area (Å²) in [6.45, 7) is 0. The monoisotopic (exact) mass is 173 g/mol. The van der Waals surface area contributed by atoms with Crippen LogP contribution in [0.15, 0.2) is 36.5 Å². The molecule has 2 aliphatic carbocycles. The number of hydrogen-bond acceptors (Lipinski definition) is 1. The third-order valence-electron chi connectivity index (χ3n) is 3.08. The van der Waals surface area contributed by atoms with Gasteiger partial charge in [0.2, 0.25) is 5.91 Å². The van der Waals surface area contributed by atoms with Gasteiger partial charge in [-0.25, -0.2) is 0 Å². The summed E-state index contributed by atoms with van der Waals surface area (Å²) in [6, 6.07) is 0.226. The van der Waals surface area contributed by atoms with Crippen LogP contribution in [0.1, 0.15) is 0 Å². The quantitative estimate of drug-likeness (QED) is 0.545. The largest absolute Gasteiger partial charge is 0.349 e. The maximum absolute atomic E-state index is 11.5. The predicted octanol–water partition coefficient (Wildman–Crippen LogP) is 1.03. The van der Waals surface area contributed by atoms with Crippen molar-refractivity contribution in [2.75, 3.05) is 0 Å². The SMILES string of the molecule is O=C1N[C@@H]2C=C[C@@H]3C=C[C@@H]2[C@@H]1C=C3. The second kappa shape index (κ2) is 2.34. The van der Waals surface area contributed by atoms with Crippen LogP contribution in [0, 0.1) is 17.8 Å². The van der Waals surface area contributed by atoms with Crippen molar-refractivity contribution < 1.29 is 4.79 Å². The summed E-state index contributed by atoms with van der Waals surface area (Å²) in [5.74, 6) is 0.969. The van der Waals surface area contributed by atoms with E-state index in [9.17, 15) is 4.79 Å². The first-order valence-corrected chi connectivity index (χ1v) is 4.70. The van der Waals surface area contributed by atoms with Gasteiger partial charge < -0.3 is 5.32 Å². The molecule has 13 heavy (non-hydrogen) atoms. The Kier molecular flexibility index (Phi) is 1.29. The minimum atomic E-state index is 0.0659. The molecule has 1 amide bonds. The number of nitrogens with one attached hydrogen (secondary N) is 1. The molecule has 0 unspecified atom stereocenters. The lowest BCUT2D eigenvalue weighted by atomic mass is 9.90. The molecule has 4 atom stereocenters. The summed E-state index contributed by atoms with van der Waals surface area (Å²) in [7, 11) is 0. The minimum absolute atomic E-state index is 0.0659. The van der Waals surface area contributed by atoms with Gasteiger partial charge in [-0.05, 0) is 0 Å². The Morgan fingerprint density at radius 3 is 2.69 bits per heavy atom. The fourth-order valence-corrected chi connectivity index (χ4v) is 2.33. The highest BCUT2D eigenvalue weighted by Crippen LogP contribution is 2.33. The van der Waals surface area contributed by atoms with Gasteiger partial charge in [0.1, 0.15) is 0 Å². The van der Waals surface area contributed by atoms with Crippen molar-refractivity contribution in [3.8, 4) is 0 Å². The Bertz CT molecular complexity index is 332. The number of rotatable bonds is 0. The molecule has 0 spiro atoms. The molecule has 0 saturated carbocycles. The lowest BCUT2D eigenvalue weighted by Crippen LogP contribution is -2.25. The Labute approximate surface area is 77.0 Å². The van der Waals surface area contributed by atoms with Crippen molar-refractivity contribution in [3.05, 3.63) is 36.5 Å². The summed E-state index contributed by atoms with van der Waals surface area (Å²) in [5.41, 5.74) is 0. The molecule has 1 heterocycles. The first-order valence-electron chi connectivity index (χ1n) is 4.70. The normalized spacial score (nSPS) is 44.8. The molecule has 66 valence electrons. The number of allylic oxidation sites excluding steroid dienone is 3. The van der Waals surface area contributed by atoms with E-state index in [-0.39, 0.29) is 17.9 Å². The maximum Gasteiger partial charge on any atom is 0.228 e. The number of carbonyl (C=O) groups is 1. The van der Waals surface area contributed by atoms with Crippen LogP contribution in [0.5, 0.6) is 0 Å². The highest BCUT2D eigenvalue weighted by Gasteiger charge is 2.39. The number of amides is 1. The van der Waals surface area contributed by atoms with Gasteiger partial charge in [-0.1, -0.05) is 36.5 Å². The molecule has 2 nitrogen and oxygen atoms in total. The molecule has 0 aromatic heterocycles. The number of fused-ring (bicyclic) bond motifs is 1. The first kappa shape index (κ1) is 7.13. The average Bonchev–Trinajstić information content (AvgIpc) is 2.29. The molecule has 1 aliphatic heterocycles. The van der Waals surface area contributed by atoms with Crippen LogP contribution in [0.4, 0.5) is 0 Å². The third-order valence-corrected chi connectivity index (χ3v) is 3.08. The van der Waals surface area contributed by atoms with Crippen LogP contribution in [0.2, 0.25) is 0 Å². The molecule has 2 heteroatoms. The summed E-state index contributed by atoms with van der Waals surface area (Å²) < 4.78 is 0. The van der Waals surface area contributed by atoms with Crippen molar-refractivity contribution in [2.45, 2.75) is 6.04 Å². The Balaban J connectivity index is 2.15. The van der Waals surface area contributed by atoms with Gasteiger partial charge in [0, 0.05) is 11.8 Å². The molecule has 0 aromatic carbocycles. The Morgan fingerprint density at radius 2 is 1.77 bits per heavy atom. The van der Waals surface area contributed by atoms with Crippen LogP contribution in [-0.4, -0.2) is 11.9 Å². The zero-order valence-corrected chi connectivity index (χ0v) is 7.18. The molecule has 3 rings (SSSR count). The standard InChI is InChI=1S/C11H11NO/c13-11-9-5-2-7-1-4-8(9)10(12-11)6-3-7/h1-10H,(H,12,13)/t7-,8-,9+,10-/m1/s1. The van der Waals surface area contributed by atoms with E-state index >= 15 is 0 Å². The van der Waals surface area contributed by atoms with Crippen molar-refractivity contribution in [3.63, 3.8) is 0 Å². The van der Waals surface area contributed by atoms with E-state index in [2.05, 4.69) is 35.7 Å². The molecule has 2 bridgehead atoms. The van der Waals surface area contributed by atoms with Crippen LogP contribution in [-0.2, 0) is 4.79 Å². The molecule has 0 aromatic rings. The van der Waals surface area contributed by atoms with Gasteiger partial charge in [0.05, 0.1) is 12.0 Å². The van der Waals surface area contributed by atoms with E-state index in [1.54, 1.807) is 0 Å². The van der Waals surface area contributed by atoms with Crippen LogP contribution in [0.25, 0.3) is 0 Å². The van der Waals surface area contributed by atoms with Gasteiger partial charge >= 0.3 is 0 Å². The number of hydrogen-bond donors (Lipinski definition) is 1. The first-order chi connectivity index (χ1) is 6.34. The van der Waals surface area contributed by atoms with Gasteiger partial charge in [-0.3, -0.25) is 4.79 Å². The van der Waals surface area contributed by atoms with Crippen molar-refractivity contribution in [2.24, 2.45) is 17.8 Å². The van der Waals surface area contributed by atoms with E-state index in [1.807, 2.05) is 6.08 Å². The molecule has 1 saturated heterocycles. The average molecular weight is 173 g/mol. The molecule has 1 fully saturated rings. The van der Waals surface area contributed by atoms with E-state index in [1.165, 1.54) is 0 Å². The van der Waals surface area contributed by atoms with E-state index < -0.39 is 0 Å². The summed E-state index contributed by atoms with van der Waals surface area (Å²) in [4.78, 5) is 11.5. The Hall–Kier alpha value is -1.31. The highest BCUT2D eigenvalue weighted by atomic mass is 16.2. The second-order valence-electron chi connectivity index (χ2n) is 3.87. The third kappa shape index (κ3) is 0.916. The fraction of sp³-hybridized carbons (Fsp3) is 0.364. The molecule has 1 N–H and O–H groups in total. The predicted molar refractivity (Wildman–Crippen MR) is 49.8 cm³/mol. The molecular weight excluding hydrogens is 162 g/mol. The van der Waals surface area contributed by atoms with E-state index in [4.69, 9.17) is 0 Å². The van der Waals surface area contributed by atoms with Crippen molar-refractivity contribution >= 4 is 5.91 Å². The maximum atomic E-state index is 11.5. The Morgan fingerprint density at radius 1 is 1.00 bits per heavy atom. The molecular formula is C11H11NO. The lowest BCUT2D eigenvalue weighted by Gasteiger charge is -2.12. The van der Waals surface area contributed by atoms with E-state index in [0.717, 1.165) is 0 Å². The highest BCUT2D eigenvalue weighted by molar-refractivity contribution is 5.84. The lowest BCUT2D eigenvalue weighted by molar-refractivity contribution is -0.121. The second-order valence-corrected chi connectivity index (χ2v) is 3.87. The van der Waals surface area contributed by atoms with Gasteiger partial charge in [0.15, 0.2) is 0 Å². The zero-order chi connectivity index (χ0) is 8.84. The molecule has 0 radical (unpaired) electrons. The summed E-state index contributed by atoms with van der Waals surface area (Å²) >= 11 is 0. The van der Waals surface area contributed by atoms with Crippen molar-refractivity contribution in [1.29, 1.82) is 0 Å². The molecule has 3 aliphatic rings. The number of carbonyl (C=O) groups excluding carboxylic acids is 1. The summed E-state index contributed by atoms with van der Waals surface area (Å²) in [6.07, 6.45) is 12.8. The smallest absolute Gasteiger partial charge is 0.228 e.